The van der Waals surface area contributed by atoms with Crippen LogP contribution in [0.2, 0.25) is 0 Å². The predicted molar refractivity (Wildman–Crippen MR) is 224 cm³/mol. The maximum atomic E-state index is 7.13. The second kappa shape index (κ2) is 11.3. The lowest BCUT2D eigenvalue weighted by Gasteiger charge is -2.40. The molecule has 1 unspecified atom stereocenters. The van der Waals surface area contributed by atoms with Crippen molar-refractivity contribution in [3.63, 3.8) is 0 Å². The fraction of sp³-hybridized carbons (Fsp3) is 0.0370. The van der Waals surface area contributed by atoms with Crippen LogP contribution >= 0.6 is 0 Å². The van der Waals surface area contributed by atoms with Gasteiger partial charge in [0.15, 0.2) is 0 Å². The van der Waals surface area contributed by atoms with Crippen LogP contribution in [0.25, 0.3) is 44.2 Å². The number of fused-ring (bicyclic) bond motifs is 14. The molecule has 1 heterocycles. The van der Waals surface area contributed by atoms with Crippen LogP contribution in [0.4, 0.5) is 0 Å². The lowest BCUT2D eigenvalue weighted by atomic mass is 9.65. The van der Waals surface area contributed by atoms with Gasteiger partial charge in [-0.1, -0.05) is 194 Å². The molecule has 12 rings (SSSR count). The van der Waals surface area contributed by atoms with E-state index in [-0.39, 0.29) is 0 Å². The molecule has 0 saturated carbocycles. The smallest absolute Gasteiger partial charge is 0.140 e. The molecule has 0 N–H and O–H groups in total. The molecule has 1 nitrogen and oxygen atoms in total. The minimum Gasteiger partial charge on any atom is -0.456 e. The van der Waals surface area contributed by atoms with E-state index in [1.165, 1.54) is 77.5 Å². The summed E-state index contributed by atoms with van der Waals surface area (Å²) in [7, 11) is 0. The van der Waals surface area contributed by atoms with E-state index in [0.717, 1.165) is 22.6 Å². The Hall–Kier alpha value is -6.96. The third kappa shape index (κ3) is 3.87. The predicted octanol–water partition coefficient (Wildman–Crippen LogP) is 13.3. The topological polar surface area (TPSA) is 9.23 Å². The molecule has 9 aromatic rings. The summed E-state index contributed by atoms with van der Waals surface area (Å²) in [5.41, 5.74) is 16.4. The number of hydrogen-bond acceptors (Lipinski definition) is 1. The number of ether oxygens (including phenoxy) is 1. The largest absolute Gasteiger partial charge is 0.456 e. The van der Waals surface area contributed by atoms with Gasteiger partial charge in [0.05, 0.1) is 10.8 Å². The van der Waals surface area contributed by atoms with E-state index in [4.69, 9.17) is 4.74 Å². The summed E-state index contributed by atoms with van der Waals surface area (Å²) in [5, 5.41) is 2.53. The highest BCUT2D eigenvalue weighted by Gasteiger charge is 2.52. The fourth-order valence-electron chi connectivity index (χ4n) is 10.6. The molecule has 0 radical (unpaired) electrons. The zero-order valence-electron chi connectivity index (χ0n) is 30.0. The third-order valence-electron chi connectivity index (χ3n) is 12.6. The van der Waals surface area contributed by atoms with E-state index >= 15 is 0 Å². The standard InChI is InChI=1S/C54H34O/c1-2-18-37(19-3-1)53(45-26-9-8-24-43(45)44-33-32-35-16-4-5-21-39(35)51(44)53)38-20-14-17-36(34-38)40-25-15-30-49-52(40)55-50-31-13-12-29-48(50)54(49)46-27-10-6-22-41(46)42-23-7-11-28-47(42)54/h1-34H. The van der Waals surface area contributed by atoms with E-state index in [0.29, 0.717) is 0 Å². The molecule has 1 aliphatic heterocycles. The molecule has 0 bridgehead atoms. The molecule has 55 heavy (non-hydrogen) atoms. The Morgan fingerprint density at radius 3 is 1.64 bits per heavy atom. The Morgan fingerprint density at radius 2 is 0.873 bits per heavy atom. The van der Waals surface area contributed by atoms with Crippen LogP contribution in [0.15, 0.2) is 206 Å². The van der Waals surface area contributed by atoms with Crippen molar-refractivity contribution >= 4 is 10.8 Å². The quantitative estimate of drug-likeness (QED) is 0.178. The molecule has 1 atom stereocenters. The van der Waals surface area contributed by atoms with Crippen molar-refractivity contribution in [3.8, 4) is 44.9 Å². The average molecular weight is 699 g/mol. The Bertz CT molecular complexity index is 2980. The van der Waals surface area contributed by atoms with Crippen molar-refractivity contribution < 1.29 is 4.74 Å². The lowest BCUT2D eigenvalue weighted by Crippen LogP contribution is -2.32. The van der Waals surface area contributed by atoms with Crippen LogP contribution in [-0.2, 0) is 10.8 Å². The Morgan fingerprint density at radius 1 is 0.327 bits per heavy atom. The molecule has 0 fully saturated rings. The van der Waals surface area contributed by atoms with Crippen molar-refractivity contribution in [1.29, 1.82) is 0 Å². The maximum absolute atomic E-state index is 7.13. The molecule has 1 spiro atoms. The summed E-state index contributed by atoms with van der Waals surface area (Å²) in [4.78, 5) is 0. The molecule has 3 aliphatic rings. The van der Waals surface area contributed by atoms with Crippen LogP contribution in [-0.4, -0.2) is 0 Å². The first-order valence-corrected chi connectivity index (χ1v) is 19.2. The molecular weight excluding hydrogens is 665 g/mol. The number of para-hydroxylation sites is 2. The second-order valence-electron chi connectivity index (χ2n) is 15.1. The molecule has 9 aromatic carbocycles. The SMILES string of the molecule is c1ccc(C2(c3cccc(-c4cccc5c4Oc4ccccc4C54c5ccccc5-c5ccccc54)c3)c3ccccc3-c3ccc4ccccc4c32)cc1. The van der Waals surface area contributed by atoms with Gasteiger partial charge in [-0.15, -0.1) is 0 Å². The fourth-order valence-corrected chi connectivity index (χ4v) is 10.6. The van der Waals surface area contributed by atoms with E-state index < -0.39 is 10.8 Å². The average Bonchev–Trinajstić information content (AvgIpc) is 3.73. The molecule has 0 amide bonds. The first-order chi connectivity index (χ1) is 27.3. The normalized spacial score (nSPS) is 16.4. The van der Waals surface area contributed by atoms with Gasteiger partial charge in [0.25, 0.3) is 0 Å². The summed E-state index contributed by atoms with van der Waals surface area (Å²) in [6.45, 7) is 0. The molecular formula is C54H34O. The third-order valence-corrected chi connectivity index (χ3v) is 12.6. The van der Waals surface area contributed by atoms with Gasteiger partial charge in [-0.25, -0.2) is 0 Å². The highest BCUT2D eigenvalue weighted by molar-refractivity contribution is 6.00. The van der Waals surface area contributed by atoms with Gasteiger partial charge in [0, 0.05) is 16.7 Å². The van der Waals surface area contributed by atoms with Crippen molar-refractivity contribution in [2.75, 3.05) is 0 Å². The highest BCUT2D eigenvalue weighted by Crippen LogP contribution is 2.64. The van der Waals surface area contributed by atoms with Crippen molar-refractivity contribution in [2.24, 2.45) is 0 Å². The van der Waals surface area contributed by atoms with Crippen LogP contribution < -0.4 is 4.74 Å². The van der Waals surface area contributed by atoms with Gasteiger partial charge in [-0.3, -0.25) is 0 Å². The molecule has 0 saturated heterocycles. The zero-order chi connectivity index (χ0) is 36.1. The van der Waals surface area contributed by atoms with Gasteiger partial charge in [0.1, 0.15) is 11.5 Å². The number of hydrogen-bond donors (Lipinski definition) is 0. The summed E-state index contributed by atoms with van der Waals surface area (Å²) >= 11 is 0. The molecule has 0 aromatic heterocycles. The summed E-state index contributed by atoms with van der Waals surface area (Å²) < 4.78 is 7.13. The van der Waals surface area contributed by atoms with Gasteiger partial charge in [0.2, 0.25) is 0 Å². The minimum absolute atomic E-state index is 0.515. The van der Waals surface area contributed by atoms with Crippen LogP contribution in [0.3, 0.4) is 0 Å². The Balaban J connectivity index is 1.15. The van der Waals surface area contributed by atoms with Crippen LogP contribution in [0, 0.1) is 0 Å². The minimum atomic E-state index is -0.545. The number of rotatable bonds is 3. The van der Waals surface area contributed by atoms with Crippen LogP contribution in [0.5, 0.6) is 11.5 Å². The molecule has 256 valence electrons. The van der Waals surface area contributed by atoms with E-state index in [1.54, 1.807) is 0 Å². The van der Waals surface area contributed by atoms with Gasteiger partial charge < -0.3 is 4.74 Å². The van der Waals surface area contributed by atoms with Gasteiger partial charge in [-0.05, 0) is 84.1 Å². The van der Waals surface area contributed by atoms with Crippen molar-refractivity contribution in [1.82, 2.24) is 0 Å². The van der Waals surface area contributed by atoms with E-state index in [2.05, 4.69) is 206 Å². The maximum Gasteiger partial charge on any atom is 0.140 e. The summed E-state index contributed by atoms with van der Waals surface area (Å²) in [5.74, 6) is 1.81. The van der Waals surface area contributed by atoms with Gasteiger partial charge in [-0.2, -0.15) is 0 Å². The Labute approximate surface area is 320 Å². The van der Waals surface area contributed by atoms with Gasteiger partial charge >= 0.3 is 0 Å². The second-order valence-corrected chi connectivity index (χ2v) is 15.1. The van der Waals surface area contributed by atoms with E-state index in [1.807, 2.05) is 0 Å². The summed E-state index contributed by atoms with van der Waals surface area (Å²) in [6, 6.07) is 76.1. The van der Waals surface area contributed by atoms with E-state index in [9.17, 15) is 0 Å². The molecule has 1 heteroatoms. The Kier molecular flexibility index (Phi) is 6.25. The summed E-state index contributed by atoms with van der Waals surface area (Å²) in [6.07, 6.45) is 0. The highest BCUT2D eigenvalue weighted by atomic mass is 16.5. The number of benzene rings is 9. The lowest BCUT2D eigenvalue weighted by molar-refractivity contribution is 0.438. The van der Waals surface area contributed by atoms with Crippen molar-refractivity contribution in [3.05, 3.63) is 251 Å². The van der Waals surface area contributed by atoms with Crippen LogP contribution in [0.1, 0.15) is 44.5 Å². The zero-order valence-corrected chi connectivity index (χ0v) is 30.0. The first-order valence-electron chi connectivity index (χ1n) is 19.2. The molecule has 2 aliphatic carbocycles. The monoisotopic (exact) mass is 698 g/mol. The van der Waals surface area contributed by atoms with Crippen molar-refractivity contribution in [2.45, 2.75) is 10.8 Å². The first kappa shape index (κ1) is 30.5.